The number of aromatic nitrogens is 1. The Kier molecular flexibility index (Phi) is 7.63. The van der Waals surface area contributed by atoms with Crippen molar-refractivity contribution >= 4 is 39.6 Å². The van der Waals surface area contributed by atoms with Crippen LogP contribution in [0.1, 0.15) is 17.5 Å². The zero-order valence-electron chi connectivity index (χ0n) is 20.8. The van der Waals surface area contributed by atoms with Gasteiger partial charge in [0.2, 0.25) is 0 Å². The van der Waals surface area contributed by atoms with Crippen molar-refractivity contribution in [3.05, 3.63) is 87.1 Å². The standard InChI is InChI=1S/C28H23ClN4O6/c1-36-20-4-2-3-17(9-20)15-38-26-6-5-19(10-23(26)29)32-28-18(13-30)14-31-24-12-27(39-21-7-8-37-16-21)25(33(34)35)11-22(24)28/h2-6,9-12,14,21H,7-8,15-16H2,1H3,(H,31,32). The summed E-state index contributed by atoms with van der Waals surface area (Å²) >= 11 is 6.50. The van der Waals surface area contributed by atoms with Crippen LogP contribution in [-0.4, -0.2) is 36.3 Å². The van der Waals surface area contributed by atoms with Crippen molar-refractivity contribution in [2.45, 2.75) is 19.1 Å². The first kappa shape index (κ1) is 26.0. The Bertz CT molecular complexity index is 1580. The first-order valence-corrected chi connectivity index (χ1v) is 12.4. The summed E-state index contributed by atoms with van der Waals surface area (Å²) in [4.78, 5) is 15.7. The van der Waals surface area contributed by atoms with Crippen molar-refractivity contribution in [2.75, 3.05) is 25.6 Å². The Morgan fingerprint density at radius 2 is 2.10 bits per heavy atom. The first-order valence-electron chi connectivity index (χ1n) is 12.0. The average molecular weight is 547 g/mol. The molecule has 5 rings (SSSR count). The Balaban J connectivity index is 1.43. The van der Waals surface area contributed by atoms with E-state index < -0.39 is 4.92 Å². The lowest BCUT2D eigenvalue weighted by atomic mass is 10.1. The number of nitro groups is 1. The highest BCUT2D eigenvalue weighted by atomic mass is 35.5. The minimum atomic E-state index is -0.515. The molecule has 0 bridgehead atoms. The van der Waals surface area contributed by atoms with Crippen LogP contribution in [0.15, 0.2) is 60.8 Å². The van der Waals surface area contributed by atoms with Gasteiger partial charge < -0.3 is 24.3 Å². The molecular formula is C28H23ClN4O6. The lowest BCUT2D eigenvalue weighted by Gasteiger charge is -2.16. The largest absolute Gasteiger partial charge is 0.497 e. The van der Waals surface area contributed by atoms with E-state index in [0.29, 0.717) is 59.3 Å². The third kappa shape index (κ3) is 5.80. The molecule has 0 radical (unpaired) electrons. The van der Waals surface area contributed by atoms with Gasteiger partial charge >= 0.3 is 5.69 Å². The number of nitrogens with one attached hydrogen (secondary N) is 1. The van der Waals surface area contributed by atoms with Crippen LogP contribution in [0.5, 0.6) is 17.2 Å². The second-order valence-electron chi connectivity index (χ2n) is 8.77. The SMILES string of the molecule is COc1cccc(COc2ccc(Nc3c(C#N)cnc4cc(OC5CCOC5)c([N+](=O)[O-])cc34)cc2Cl)c1. The number of hydrogen-bond acceptors (Lipinski definition) is 9. The van der Waals surface area contributed by atoms with Gasteiger partial charge in [-0.3, -0.25) is 15.1 Å². The number of nitro benzene ring substituents is 1. The summed E-state index contributed by atoms with van der Waals surface area (Å²) in [6.07, 6.45) is 1.78. The second kappa shape index (κ2) is 11.4. The van der Waals surface area contributed by atoms with Crippen LogP contribution in [0.3, 0.4) is 0 Å². The normalized spacial score (nSPS) is 14.5. The number of pyridine rings is 1. The summed E-state index contributed by atoms with van der Waals surface area (Å²) < 4.78 is 22.3. The minimum Gasteiger partial charge on any atom is -0.497 e. The summed E-state index contributed by atoms with van der Waals surface area (Å²) in [7, 11) is 1.60. The fourth-order valence-corrected chi connectivity index (χ4v) is 4.45. The molecule has 1 aliphatic rings. The van der Waals surface area contributed by atoms with E-state index in [1.54, 1.807) is 25.3 Å². The van der Waals surface area contributed by atoms with Gasteiger partial charge in [0, 0.05) is 35.8 Å². The van der Waals surface area contributed by atoms with E-state index in [0.717, 1.165) is 11.3 Å². The molecule has 1 aromatic heterocycles. The van der Waals surface area contributed by atoms with Gasteiger partial charge in [0.1, 0.15) is 30.3 Å². The Labute approximate surface area is 228 Å². The maximum Gasteiger partial charge on any atom is 0.311 e. The zero-order valence-corrected chi connectivity index (χ0v) is 21.6. The topological polar surface area (TPSA) is 129 Å². The van der Waals surface area contributed by atoms with Gasteiger partial charge in [-0.25, -0.2) is 0 Å². The molecule has 4 aromatic rings. The number of methoxy groups -OCH3 is 1. The fraction of sp³-hybridized carbons (Fsp3) is 0.214. The second-order valence-corrected chi connectivity index (χ2v) is 9.17. The van der Waals surface area contributed by atoms with Crippen LogP contribution in [0, 0.1) is 21.4 Å². The van der Waals surface area contributed by atoms with E-state index in [9.17, 15) is 15.4 Å². The molecule has 1 atom stereocenters. The average Bonchev–Trinajstić information content (AvgIpc) is 3.45. The maximum atomic E-state index is 11.9. The summed E-state index contributed by atoms with van der Waals surface area (Å²) in [5, 5.41) is 25.6. The fourth-order valence-electron chi connectivity index (χ4n) is 4.21. The van der Waals surface area contributed by atoms with Gasteiger partial charge in [0.15, 0.2) is 5.75 Å². The number of fused-ring (bicyclic) bond motifs is 1. The van der Waals surface area contributed by atoms with E-state index in [1.165, 1.54) is 18.3 Å². The molecule has 1 saturated heterocycles. The van der Waals surface area contributed by atoms with Crippen LogP contribution < -0.4 is 19.5 Å². The molecule has 39 heavy (non-hydrogen) atoms. The van der Waals surface area contributed by atoms with Crippen LogP contribution >= 0.6 is 11.6 Å². The highest BCUT2D eigenvalue weighted by Gasteiger charge is 2.25. The molecule has 0 saturated carbocycles. The number of anilines is 2. The molecule has 11 heteroatoms. The summed E-state index contributed by atoms with van der Waals surface area (Å²) in [6.45, 7) is 1.19. The van der Waals surface area contributed by atoms with Gasteiger partial charge in [-0.2, -0.15) is 5.26 Å². The lowest BCUT2D eigenvalue weighted by molar-refractivity contribution is -0.385. The molecule has 3 aromatic carbocycles. The third-order valence-corrected chi connectivity index (χ3v) is 6.47. The number of halogens is 1. The van der Waals surface area contributed by atoms with Gasteiger partial charge in [0.25, 0.3) is 0 Å². The van der Waals surface area contributed by atoms with Crippen LogP contribution in [-0.2, 0) is 11.3 Å². The molecule has 1 N–H and O–H groups in total. The van der Waals surface area contributed by atoms with Crippen molar-refractivity contribution in [2.24, 2.45) is 0 Å². The van der Waals surface area contributed by atoms with Gasteiger partial charge in [-0.15, -0.1) is 0 Å². The predicted octanol–water partition coefficient (Wildman–Crippen LogP) is 6.17. The number of nitriles is 1. The molecular weight excluding hydrogens is 524 g/mol. The van der Waals surface area contributed by atoms with Crippen molar-refractivity contribution in [1.29, 1.82) is 5.26 Å². The summed E-state index contributed by atoms with van der Waals surface area (Å²) in [6, 6.07) is 17.6. The molecule has 10 nitrogen and oxygen atoms in total. The quantitative estimate of drug-likeness (QED) is 0.193. The monoisotopic (exact) mass is 546 g/mol. The third-order valence-electron chi connectivity index (χ3n) is 6.18. The number of ether oxygens (including phenoxy) is 4. The highest BCUT2D eigenvalue weighted by molar-refractivity contribution is 6.32. The van der Waals surface area contributed by atoms with Gasteiger partial charge in [-0.1, -0.05) is 23.7 Å². The van der Waals surface area contributed by atoms with Crippen LogP contribution in [0.25, 0.3) is 10.9 Å². The van der Waals surface area contributed by atoms with E-state index in [-0.39, 0.29) is 23.1 Å². The smallest absolute Gasteiger partial charge is 0.311 e. The summed E-state index contributed by atoms with van der Waals surface area (Å²) in [5.74, 6) is 1.30. The van der Waals surface area contributed by atoms with Crippen molar-refractivity contribution in [3.63, 3.8) is 0 Å². The number of rotatable bonds is 9. The highest BCUT2D eigenvalue weighted by Crippen LogP contribution is 2.39. The minimum absolute atomic E-state index is 0.103. The Hall–Kier alpha value is -4.59. The summed E-state index contributed by atoms with van der Waals surface area (Å²) in [5.41, 5.74) is 2.25. The number of nitrogens with zero attached hydrogens (tertiary/aromatic N) is 3. The number of benzene rings is 3. The van der Waals surface area contributed by atoms with Crippen molar-refractivity contribution in [1.82, 2.24) is 4.98 Å². The van der Waals surface area contributed by atoms with E-state index in [2.05, 4.69) is 16.4 Å². The van der Waals surface area contributed by atoms with Crippen molar-refractivity contribution < 1.29 is 23.9 Å². The van der Waals surface area contributed by atoms with Gasteiger partial charge in [-0.05, 0) is 35.9 Å². The van der Waals surface area contributed by atoms with Gasteiger partial charge in [0.05, 0.1) is 47.0 Å². The predicted molar refractivity (Wildman–Crippen MR) is 145 cm³/mol. The van der Waals surface area contributed by atoms with E-state index in [4.69, 9.17) is 30.5 Å². The maximum absolute atomic E-state index is 11.9. The first-order chi connectivity index (χ1) is 18.9. The Morgan fingerprint density at radius 3 is 2.82 bits per heavy atom. The van der Waals surface area contributed by atoms with Crippen LogP contribution in [0.2, 0.25) is 5.02 Å². The molecule has 0 spiro atoms. The molecule has 2 heterocycles. The molecule has 1 unspecified atom stereocenters. The molecule has 1 aliphatic heterocycles. The number of hydrogen-bond donors (Lipinski definition) is 1. The zero-order chi connectivity index (χ0) is 27.4. The van der Waals surface area contributed by atoms with E-state index >= 15 is 0 Å². The van der Waals surface area contributed by atoms with Crippen LogP contribution in [0.4, 0.5) is 17.1 Å². The molecule has 198 valence electrons. The molecule has 0 aliphatic carbocycles. The Morgan fingerprint density at radius 1 is 1.23 bits per heavy atom. The molecule has 1 fully saturated rings. The van der Waals surface area contributed by atoms with E-state index in [1.807, 2.05) is 24.3 Å². The molecule has 0 amide bonds. The van der Waals surface area contributed by atoms with Crippen molar-refractivity contribution in [3.8, 4) is 23.3 Å². The lowest BCUT2D eigenvalue weighted by Crippen LogP contribution is -2.16.